The summed E-state index contributed by atoms with van der Waals surface area (Å²) in [6.07, 6.45) is -1.24. The molecule has 0 aromatic heterocycles. The van der Waals surface area contributed by atoms with E-state index in [-0.39, 0.29) is 5.91 Å². The second-order valence-corrected chi connectivity index (χ2v) is 4.25. The Morgan fingerprint density at radius 3 is 2.11 bits per heavy atom. The molecule has 0 aromatic rings. The molecule has 8 heteroatoms. The van der Waals surface area contributed by atoms with Gasteiger partial charge in [-0.15, -0.1) is 0 Å². The first-order valence-electron chi connectivity index (χ1n) is 5.93. The summed E-state index contributed by atoms with van der Waals surface area (Å²) in [4.78, 5) is 35.4. The molecular formula is C11H21N3O5. The molecule has 0 radical (unpaired) electrons. The van der Waals surface area contributed by atoms with Crippen LogP contribution in [0.3, 0.4) is 0 Å². The van der Waals surface area contributed by atoms with Crippen molar-refractivity contribution in [3.63, 3.8) is 0 Å². The smallest absolute Gasteiger partial charge is 0.328 e. The highest BCUT2D eigenvalue weighted by Crippen LogP contribution is 1.95. The van der Waals surface area contributed by atoms with Gasteiger partial charge < -0.3 is 25.7 Å². The minimum absolute atomic E-state index is 0.290. The van der Waals surface area contributed by atoms with Crippen LogP contribution in [0.2, 0.25) is 0 Å². The number of rotatable bonds is 6. The number of carboxylic acid groups (broad SMARTS) is 1. The van der Waals surface area contributed by atoms with Crippen LogP contribution in [0.4, 0.5) is 4.79 Å². The quantitative estimate of drug-likeness (QED) is 0.495. The number of nitrogens with zero attached hydrogens (tertiary/aromatic N) is 1. The zero-order valence-electron chi connectivity index (χ0n) is 11.5. The molecule has 0 heterocycles. The molecule has 0 rings (SSSR count). The van der Waals surface area contributed by atoms with Crippen molar-refractivity contribution >= 4 is 17.9 Å². The predicted octanol–water partition coefficient (Wildman–Crippen LogP) is -1.01. The molecule has 0 saturated heterocycles. The van der Waals surface area contributed by atoms with E-state index in [1.807, 2.05) is 0 Å². The number of aliphatic hydroxyl groups is 1. The van der Waals surface area contributed by atoms with Gasteiger partial charge in [-0.1, -0.05) is 0 Å². The van der Waals surface area contributed by atoms with E-state index in [1.165, 1.54) is 18.7 Å². The van der Waals surface area contributed by atoms with Gasteiger partial charge >= 0.3 is 12.0 Å². The number of aliphatic hydroxyl groups excluding tert-OH is 1. The highest BCUT2D eigenvalue weighted by molar-refractivity contribution is 5.88. The van der Waals surface area contributed by atoms with Gasteiger partial charge in [0, 0.05) is 13.6 Å². The van der Waals surface area contributed by atoms with E-state index in [1.54, 1.807) is 14.0 Å². The van der Waals surface area contributed by atoms with Crippen LogP contribution in [0.5, 0.6) is 0 Å². The third kappa shape index (κ3) is 5.56. The first-order chi connectivity index (χ1) is 8.70. The van der Waals surface area contributed by atoms with Crippen molar-refractivity contribution in [2.75, 3.05) is 13.6 Å². The van der Waals surface area contributed by atoms with Crippen LogP contribution >= 0.6 is 0 Å². The molecule has 4 N–H and O–H groups in total. The molecular weight excluding hydrogens is 254 g/mol. The summed E-state index contributed by atoms with van der Waals surface area (Å²) < 4.78 is 0. The van der Waals surface area contributed by atoms with Gasteiger partial charge in [0.05, 0.1) is 6.10 Å². The third-order valence-electron chi connectivity index (χ3n) is 2.60. The lowest BCUT2D eigenvalue weighted by Gasteiger charge is -2.22. The van der Waals surface area contributed by atoms with Crippen LogP contribution in [-0.2, 0) is 9.59 Å². The Bertz CT molecular complexity index is 345. The van der Waals surface area contributed by atoms with Crippen molar-refractivity contribution in [1.29, 1.82) is 0 Å². The molecule has 3 amide bonds. The Kier molecular flexibility index (Phi) is 6.84. The fourth-order valence-corrected chi connectivity index (χ4v) is 1.32. The summed E-state index contributed by atoms with van der Waals surface area (Å²) >= 11 is 0. The first-order valence-corrected chi connectivity index (χ1v) is 5.93. The summed E-state index contributed by atoms with van der Waals surface area (Å²) in [5.41, 5.74) is 0. The van der Waals surface area contributed by atoms with Gasteiger partial charge in [0.15, 0.2) is 6.04 Å². The minimum atomic E-state index is -1.42. The molecule has 0 aromatic carbocycles. The molecule has 0 aliphatic rings. The highest BCUT2D eigenvalue weighted by Gasteiger charge is 2.26. The van der Waals surface area contributed by atoms with Crippen molar-refractivity contribution < 1.29 is 24.6 Å². The number of carboxylic acids is 1. The van der Waals surface area contributed by atoms with Gasteiger partial charge in [0.1, 0.15) is 6.04 Å². The Morgan fingerprint density at radius 2 is 1.74 bits per heavy atom. The molecule has 0 spiro atoms. The number of carbonyl (C=O) groups is 3. The fraction of sp³-hybridized carbons (Fsp3) is 0.727. The average Bonchev–Trinajstić information content (AvgIpc) is 2.32. The number of aliphatic carboxylic acids is 1. The van der Waals surface area contributed by atoms with Gasteiger partial charge in [-0.3, -0.25) is 4.79 Å². The van der Waals surface area contributed by atoms with Crippen LogP contribution in [0.1, 0.15) is 20.8 Å². The normalized spacial score (nSPS) is 15.0. The van der Waals surface area contributed by atoms with Crippen LogP contribution < -0.4 is 10.6 Å². The van der Waals surface area contributed by atoms with E-state index < -0.39 is 30.2 Å². The number of hydrogen-bond acceptors (Lipinski definition) is 4. The second-order valence-electron chi connectivity index (χ2n) is 4.25. The monoisotopic (exact) mass is 275 g/mol. The van der Waals surface area contributed by atoms with Crippen molar-refractivity contribution in [3.8, 4) is 0 Å². The maximum absolute atomic E-state index is 11.7. The van der Waals surface area contributed by atoms with E-state index in [0.717, 1.165) is 0 Å². The fourth-order valence-electron chi connectivity index (χ4n) is 1.32. The molecule has 8 nitrogen and oxygen atoms in total. The lowest BCUT2D eigenvalue weighted by atomic mass is 10.2. The number of urea groups is 1. The van der Waals surface area contributed by atoms with Crippen molar-refractivity contribution in [2.24, 2.45) is 0 Å². The van der Waals surface area contributed by atoms with Crippen molar-refractivity contribution in [3.05, 3.63) is 0 Å². The summed E-state index contributed by atoms with van der Waals surface area (Å²) in [5.74, 6) is -1.64. The Labute approximate surface area is 111 Å². The average molecular weight is 275 g/mol. The lowest BCUT2D eigenvalue weighted by Crippen LogP contribution is -2.55. The number of likely N-dealkylation sites (N-methyl/N-ethyl adjacent to an activating group) is 1. The van der Waals surface area contributed by atoms with E-state index in [2.05, 4.69) is 10.6 Å². The Morgan fingerprint density at radius 1 is 1.21 bits per heavy atom. The minimum Gasteiger partial charge on any atom is -0.480 e. The summed E-state index contributed by atoms with van der Waals surface area (Å²) in [5, 5.41) is 22.4. The zero-order chi connectivity index (χ0) is 15.2. The van der Waals surface area contributed by atoms with E-state index in [0.29, 0.717) is 6.54 Å². The Hall–Kier alpha value is -1.83. The topological polar surface area (TPSA) is 119 Å². The maximum Gasteiger partial charge on any atom is 0.328 e. The molecule has 1 unspecified atom stereocenters. The van der Waals surface area contributed by atoms with E-state index in [4.69, 9.17) is 5.11 Å². The van der Waals surface area contributed by atoms with E-state index in [9.17, 15) is 19.5 Å². The van der Waals surface area contributed by atoms with Crippen LogP contribution in [0, 0.1) is 0 Å². The first kappa shape index (κ1) is 17.2. The molecule has 0 fully saturated rings. The van der Waals surface area contributed by atoms with Gasteiger partial charge in [-0.25, -0.2) is 9.59 Å². The van der Waals surface area contributed by atoms with Gasteiger partial charge in [-0.05, 0) is 20.8 Å². The zero-order valence-corrected chi connectivity index (χ0v) is 11.5. The van der Waals surface area contributed by atoms with Gasteiger partial charge in [0.25, 0.3) is 0 Å². The number of amides is 3. The molecule has 0 bridgehead atoms. The summed E-state index contributed by atoms with van der Waals surface area (Å²) in [7, 11) is 1.59. The largest absolute Gasteiger partial charge is 0.480 e. The number of hydrogen-bond donors (Lipinski definition) is 4. The summed E-state index contributed by atoms with van der Waals surface area (Å²) in [6, 6.07) is -3.03. The van der Waals surface area contributed by atoms with E-state index >= 15 is 0 Å². The van der Waals surface area contributed by atoms with Crippen LogP contribution in [-0.4, -0.2) is 64.8 Å². The summed E-state index contributed by atoms with van der Waals surface area (Å²) in [6.45, 7) is 5.03. The van der Waals surface area contributed by atoms with Gasteiger partial charge in [0.2, 0.25) is 5.91 Å². The van der Waals surface area contributed by atoms with Crippen molar-refractivity contribution in [2.45, 2.75) is 39.0 Å². The highest BCUT2D eigenvalue weighted by atomic mass is 16.4. The number of carbonyl (C=O) groups excluding carboxylic acids is 2. The predicted molar refractivity (Wildman–Crippen MR) is 67.5 cm³/mol. The third-order valence-corrected chi connectivity index (χ3v) is 2.60. The van der Waals surface area contributed by atoms with Crippen LogP contribution in [0.25, 0.3) is 0 Å². The molecule has 0 aliphatic heterocycles. The van der Waals surface area contributed by atoms with Crippen LogP contribution in [0.15, 0.2) is 0 Å². The Balaban J connectivity index is 4.45. The maximum atomic E-state index is 11.7. The second kappa shape index (κ2) is 7.57. The number of nitrogens with one attached hydrogen (secondary N) is 2. The van der Waals surface area contributed by atoms with Gasteiger partial charge in [-0.2, -0.15) is 0 Å². The SMILES string of the molecule is CCN(C)C(=O)C(C)NC(=O)N[C@H](C(=O)O)[C@@H](C)O. The lowest BCUT2D eigenvalue weighted by molar-refractivity contribution is -0.141. The molecule has 3 atom stereocenters. The molecule has 0 aliphatic carbocycles. The molecule has 0 saturated carbocycles. The molecule has 19 heavy (non-hydrogen) atoms. The van der Waals surface area contributed by atoms with Crippen molar-refractivity contribution in [1.82, 2.24) is 15.5 Å². The standard InChI is InChI=1S/C11H21N3O5/c1-5-14(4)9(16)6(2)12-11(19)13-8(7(3)15)10(17)18/h6-8,15H,5H2,1-4H3,(H,17,18)(H2,12,13,19)/t6?,7-,8+/m1/s1. The molecule has 110 valence electrons.